The van der Waals surface area contributed by atoms with Gasteiger partial charge in [0, 0.05) is 18.5 Å². The lowest BCUT2D eigenvalue weighted by Crippen LogP contribution is -2.26. The summed E-state index contributed by atoms with van der Waals surface area (Å²) in [6.07, 6.45) is 0. The number of para-hydroxylation sites is 1. The highest BCUT2D eigenvalue weighted by Gasteiger charge is 2.13. The molecule has 0 aliphatic heterocycles. The number of hydrogen-bond donors (Lipinski definition) is 1. The van der Waals surface area contributed by atoms with Crippen molar-refractivity contribution in [3.05, 3.63) is 42.0 Å². The second-order valence-electron chi connectivity index (χ2n) is 6.17. The second-order valence-corrected chi connectivity index (χ2v) is 6.17. The van der Waals surface area contributed by atoms with Crippen LogP contribution in [-0.4, -0.2) is 44.4 Å². The third-order valence-electron chi connectivity index (χ3n) is 4.34. The number of nitrogen functional groups attached to an aromatic ring is 1. The minimum absolute atomic E-state index is 0.391. The van der Waals surface area contributed by atoms with E-state index in [2.05, 4.69) is 9.97 Å². The summed E-state index contributed by atoms with van der Waals surface area (Å²) in [5.41, 5.74) is 7.94. The number of methoxy groups -OCH3 is 2. The van der Waals surface area contributed by atoms with E-state index in [1.807, 2.05) is 43.1 Å². The van der Waals surface area contributed by atoms with Gasteiger partial charge in [-0.25, -0.2) is 4.98 Å². The summed E-state index contributed by atoms with van der Waals surface area (Å²) in [5, 5.41) is 0.723. The summed E-state index contributed by atoms with van der Waals surface area (Å²) in [6, 6.07) is 11.5. The van der Waals surface area contributed by atoms with Crippen molar-refractivity contribution < 1.29 is 14.2 Å². The van der Waals surface area contributed by atoms with Gasteiger partial charge >= 0.3 is 0 Å². The number of nitrogens with two attached hydrogens (primary N) is 1. The summed E-state index contributed by atoms with van der Waals surface area (Å²) in [7, 11) is 5.07. The Morgan fingerprint density at radius 3 is 2.41 bits per heavy atom. The van der Waals surface area contributed by atoms with Crippen molar-refractivity contribution in [3.63, 3.8) is 0 Å². The first kappa shape index (κ1) is 18.6. The molecule has 0 bridgehead atoms. The van der Waals surface area contributed by atoms with E-state index in [1.54, 1.807) is 26.4 Å². The van der Waals surface area contributed by atoms with Crippen LogP contribution in [0.15, 0.2) is 36.4 Å². The van der Waals surface area contributed by atoms with E-state index in [4.69, 9.17) is 19.9 Å². The lowest BCUT2D eigenvalue weighted by Gasteiger charge is -2.19. The predicted molar refractivity (Wildman–Crippen MR) is 107 cm³/mol. The van der Waals surface area contributed by atoms with Crippen LogP contribution in [0.2, 0.25) is 0 Å². The molecule has 1 heterocycles. The molecule has 0 saturated carbocycles. The molecule has 0 aliphatic rings. The first-order valence-electron chi connectivity index (χ1n) is 8.62. The van der Waals surface area contributed by atoms with Crippen LogP contribution in [0.4, 0.5) is 11.8 Å². The van der Waals surface area contributed by atoms with Gasteiger partial charge < -0.3 is 24.8 Å². The van der Waals surface area contributed by atoms with Crippen LogP contribution in [0.3, 0.4) is 0 Å². The number of likely N-dealkylation sites (N-methyl/N-ethyl adjacent to an activating group) is 1. The van der Waals surface area contributed by atoms with Crippen LogP contribution in [0.1, 0.15) is 5.56 Å². The molecule has 0 unspecified atom stereocenters. The number of anilines is 2. The number of fused-ring (bicyclic) bond motifs is 1. The minimum Gasteiger partial charge on any atom is -0.493 e. The molecule has 0 fully saturated rings. The van der Waals surface area contributed by atoms with E-state index >= 15 is 0 Å². The Hall–Kier alpha value is -3.22. The molecule has 142 valence electrons. The molecule has 0 radical (unpaired) electrons. The van der Waals surface area contributed by atoms with Crippen molar-refractivity contribution in [1.29, 1.82) is 0 Å². The summed E-state index contributed by atoms with van der Waals surface area (Å²) in [5.74, 6) is 2.98. The van der Waals surface area contributed by atoms with Gasteiger partial charge in [0.15, 0.2) is 11.5 Å². The summed E-state index contributed by atoms with van der Waals surface area (Å²) >= 11 is 0. The number of ether oxygens (including phenoxy) is 3. The predicted octanol–water partition coefficient (Wildman–Crippen LogP) is 3.05. The van der Waals surface area contributed by atoms with Crippen LogP contribution in [0.5, 0.6) is 17.2 Å². The largest absolute Gasteiger partial charge is 0.493 e. The summed E-state index contributed by atoms with van der Waals surface area (Å²) < 4.78 is 16.5. The lowest BCUT2D eigenvalue weighted by atomic mass is 10.2. The average molecular weight is 368 g/mol. The van der Waals surface area contributed by atoms with E-state index in [9.17, 15) is 0 Å². The molecule has 0 amide bonds. The molecule has 27 heavy (non-hydrogen) atoms. The zero-order valence-corrected chi connectivity index (χ0v) is 16.0. The summed E-state index contributed by atoms with van der Waals surface area (Å²) in [6.45, 7) is 3.15. The molecule has 7 nitrogen and oxygen atoms in total. The van der Waals surface area contributed by atoms with Gasteiger partial charge in [0.25, 0.3) is 0 Å². The lowest BCUT2D eigenvalue weighted by molar-refractivity contribution is 0.323. The van der Waals surface area contributed by atoms with E-state index in [0.29, 0.717) is 41.9 Å². The first-order valence-corrected chi connectivity index (χ1v) is 8.62. The molecule has 3 aromatic rings. The number of hydrogen-bond acceptors (Lipinski definition) is 7. The maximum Gasteiger partial charge on any atom is 0.227 e. The minimum atomic E-state index is 0.391. The fraction of sp³-hybridized carbons (Fsp3) is 0.300. The fourth-order valence-corrected chi connectivity index (χ4v) is 2.75. The third-order valence-corrected chi connectivity index (χ3v) is 4.34. The van der Waals surface area contributed by atoms with Crippen molar-refractivity contribution in [1.82, 2.24) is 9.97 Å². The van der Waals surface area contributed by atoms with Crippen LogP contribution in [0, 0.1) is 6.92 Å². The monoisotopic (exact) mass is 368 g/mol. The number of nitrogens with zero attached hydrogens (tertiary/aromatic N) is 3. The van der Waals surface area contributed by atoms with Crippen LogP contribution in [0.25, 0.3) is 10.9 Å². The van der Waals surface area contributed by atoms with Gasteiger partial charge in [-0.2, -0.15) is 4.98 Å². The van der Waals surface area contributed by atoms with Crippen LogP contribution >= 0.6 is 0 Å². The molecule has 0 atom stereocenters. The standard InChI is InChI=1S/C20H24N4O3/c1-13-7-5-6-8-16(13)27-10-9-24(2)20-22-15-12-18(26-4)17(25-3)11-14(15)19(21)23-20/h5-8,11-12H,9-10H2,1-4H3,(H2,21,22,23). The highest BCUT2D eigenvalue weighted by molar-refractivity contribution is 5.91. The molecule has 0 saturated heterocycles. The van der Waals surface area contributed by atoms with E-state index in [1.165, 1.54) is 0 Å². The number of aryl methyl sites for hydroxylation is 1. The average Bonchev–Trinajstić information content (AvgIpc) is 2.68. The summed E-state index contributed by atoms with van der Waals surface area (Å²) in [4.78, 5) is 10.9. The Morgan fingerprint density at radius 2 is 1.70 bits per heavy atom. The Morgan fingerprint density at radius 1 is 1.00 bits per heavy atom. The van der Waals surface area contributed by atoms with E-state index in [-0.39, 0.29) is 0 Å². The Kier molecular flexibility index (Phi) is 5.49. The first-order chi connectivity index (χ1) is 13.0. The van der Waals surface area contributed by atoms with E-state index in [0.717, 1.165) is 16.7 Å². The quantitative estimate of drug-likeness (QED) is 0.686. The van der Waals surface area contributed by atoms with Crippen LogP contribution < -0.4 is 24.8 Å². The van der Waals surface area contributed by atoms with Crippen molar-refractivity contribution in [3.8, 4) is 17.2 Å². The Balaban J connectivity index is 1.78. The van der Waals surface area contributed by atoms with Gasteiger partial charge in [0.05, 0.1) is 26.3 Å². The fourth-order valence-electron chi connectivity index (χ4n) is 2.75. The molecule has 2 aromatic carbocycles. The smallest absolute Gasteiger partial charge is 0.227 e. The zero-order valence-electron chi connectivity index (χ0n) is 16.0. The number of rotatable bonds is 7. The van der Waals surface area contributed by atoms with Crippen molar-refractivity contribution in [2.45, 2.75) is 6.92 Å². The molecular formula is C20H24N4O3. The molecule has 1 aromatic heterocycles. The molecule has 3 rings (SSSR count). The SMILES string of the molecule is COc1cc2nc(N(C)CCOc3ccccc3C)nc(N)c2cc1OC. The normalized spacial score (nSPS) is 10.7. The highest BCUT2D eigenvalue weighted by Crippen LogP contribution is 2.33. The highest BCUT2D eigenvalue weighted by atomic mass is 16.5. The second kappa shape index (κ2) is 7.99. The van der Waals surface area contributed by atoms with Crippen molar-refractivity contribution in [2.24, 2.45) is 0 Å². The van der Waals surface area contributed by atoms with Crippen LogP contribution in [-0.2, 0) is 0 Å². The Bertz CT molecular complexity index is 946. The maximum atomic E-state index is 6.14. The number of aromatic nitrogens is 2. The van der Waals surface area contributed by atoms with Gasteiger partial charge in [-0.3, -0.25) is 0 Å². The van der Waals surface area contributed by atoms with Gasteiger partial charge in [0.2, 0.25) is 5.95 Å². The topological polar surface area (TPSA) is 82.7 Å². The van der Waals surface area contributed by atoms with Gasteiger partial charge in [0.1, 0.15) is 18.2 Å². The molecule has 7 heteroatoms. The van der Waals surface area contributed by atoms with Gasteiger partial charge in [-0.15, -0.1) is 0 Å². The van der Waals surface area contributed by atoms with Crippen molar-refractivity contribution in [2.75, 3.05) is 45.1 Å². The van der Waals surface area contributed by atoms with Crippen molar-refractivity contribution >= 4 is 22.7 Å². The Labute approximate surface area is 158 Å². The number of benzene rings is 2. The maximum absolute atomic E-state index is 6.14. The zero-order chi connectivity index (χ0) is 19.4. The molecule has 2 N–H and O–H groups in total. The van der Waals surface area contributed by atoms with E-state index < -0.39 is 0 Å². The molecular weight excluding hydrogens is 344 g/mol. The molecule has 0 spiro atoms. The van der Waals surface area contributed by atoms with Gasteiger partial charge in [-0.1, -0.05) is 18.2 Å². The third kappa shape index (κ3) is 3.97. The molecule has 0 aliphatic carbocycles. The van der Waals surface area contributed by atoms with Gasteiger partial charge in [-0.05, 0) is 24.6 Å².